The SMILES string of the molecule is C[C@@H](NC(=O)C1=CC(Br)=CN2C1=N[C@@H]1CCC[C@@H]12)c1cccc(C(F)(F)F)c1F. The highest BCUT2D eigenvalue weighted by Gasteiger charge is 2.42. The van der Waals surface area contributed by atoms with Crippen LogP contribution in [0.5, 0.6) is 0 Å². The highest BCUT2D eigenvalue weighted by molar-refractivity contribution is 9.11. The van der Waals surface area contributed by atoms with Crippen LogP contribution in [0.1, 0.15) is 43.4 Å². The third-order valence-electron chi connectivity index (χ3n) is 5.51. The summed E-state index contributed by atoms with van der Waals surface area (Å²) in [6, 6.07) is 2.45. The fourth-order valence-corrected chi connectivity index (χ4v) is 4.59. The molecule has 0 bridgehead atoms. The maximum Gasteiger partial charge on any atom is 0.419 e. The van der Waals surface area contributed by atoms with Gasteiger partial charge in [0.05, 0.1) is 29.3 Å². The summed E-state index contributed by atoms with van der Waals surface area (Å²) in [5, 5.41) is 2.61. The molecule has 4 rings (SSSR count). The van der Waals surface area contributed by atoms with Gasteiger partial charge < -0.3 is 10.2 Å². The lowest BCUT2D eigenvalue weighted by Crippen LogP contribution is -2.40. The van der Waals surface area contributed by atoms with Crippen LogP contribution < -0.4 is 5.32 Å². The van der Waals surface area contributed by atoms with Gasteiger partial charge in [0.2, 0.25) is 0 Å². The molecule has 3 atom stereocenters. The van der Waals surface area contributed by atoms with Crippen molar-refractivity contribution in [2.24, 2.45) is 4.99 Å². The molecule has 1 aromatic carbocycles. The lowest BCUT2D eigenvalue weighted by molar-refractivity contribution is -0.140. The molecule has 1 fully saturated rings. The van der Waals surface area contributed by atoms with Crippen LogP contribution in [-0.4, -0.2) is 28.7 Å². The Morgan fingerprint density at radius 3 is 2.83 bits per heavy atom. The molecule has 0 unspecified atom stereocenters. The topological polar surface area (TPSA) is 44.7 Å². The summed E-state index contributed by atoms with van der Waals surface area (Å²) in [5.74, 6) is -1.33. The zero-order valence-corrected chi connectivity index (χ0v) is 17.0. The fourth-order valence-electron chi connectivity index (χ4n) is 4.14. The predicted octanol–water partition coefficient (Wildman–Crippen LogP) is 4.83. The molecule has 1 amide bonds. The van der Waals surface area contributed by atoms with Crippen molar-refractivity contribution in [1.29, 1.82) is 0 Å². The number of benzene rings is 1. The number of aliphatic imine (C=N–C) groups is 1. The van der Waals surface area contributed by atoms with E-state index in [2.05, 4.69) is 26.2 Å². The number of rotatable bonds is 3. The van der Waals surface area contributed by atoms with Crippen LogP contribution >= 0.6 is 15.9 Å². The number of fused-ring (bicyclic) bond motifs is 3. The summed E-state index contributed by atoms with van der Waals surface area (Å²) in [5.41, 5.74) is -1.26. The van der Waals surface area contributed by atoms with E-state index >= 15 is 0 Å². The highest BCUT2D eigenvalue weighted by Crippen LogP contribution is 2.38. The first kappa shape index (κ1) is 20.1. The number of amidine groups is 1. The first-order valence-electron chi connectivity index (χ1n) is 9.29. The molecule has 0 radical (unpaired) electrons. The minimum absolute atomic E-state index is 0.134. The fraction of sp³-hybridized carbons (Fsp3) is 0.400. The highest BCUT2D eigenvalue weighted by atomic mass is 79.9. The van der Waals surface area contributed by atoms with Gasteiger partial charge in [0, 0.05) is 16.2 Å². The lowest BCUT2D eigenvalue weighted by atomic mass is 10.0. The molecule has 2 aliphatic heterocycles. The summed E-state index contributed by atoms with van der Waals surface area (Å²) < 4.78 is 54.0. The number of carbonyl (C=O) groups is 1. The van der Waals surface area contributed by atoms with E-state index in [0.717, 1.165) is 25.3 Å². The first-order valence-corrected chi connectivity index (χ1v) is 10.1. The first-order chi connectivity index (χ1) is 13.7. The second-order valence-corrected chi connectivity index (χ2v) is 8.31. The second kappa shape index (κ2) is 7.27. The van der Waals surface area contributed by atoms with Crippen molar-refractivity contribution in [3.63, 3.8) is 0 Å². The number of nitrogens with zero attached hydrogens (tertiary/aromatic N) is 2. The average Bonchev–Trinajstić information content (AvgIpc) is 3.22. The van der Waals surface area contributed by atoms with Crippen LogP contribution in [0.15, 0.2) is 45.5 Å². The quantitative estimate of drug-likeness (QED) is 0.641. The Bertz CT molecular complexity index is 954. The van der Waals surface area contributed by atoms with Crippen molar-refractivity contribution in [1.82, 2.24) is 10.2 Å². The standard InChI is InChI=1S/C20H18BrF4N3O/c1-10(12-4-2-5-14(17(12)22)20(23,24)25)26-19(29)13-8-11(21)9-28-16-7-3-6-15(16)27-18(13)28/h2,4-5,8-10,15-16H,3,6-7H2,1H3,(H,26,29)/t10-,15-,16+/m1/s1. The van der Waals surface area contributed by atoms with E-state index < -0.39 is 29.5 Å². The van der Waals surface area contributed by atoms with E-state index in [1.54, 1.807) is 6.08 Å². The van der Waals surface area contributed by atoms with Gasteiger partial charge in [0.15, 0.2) is 0 Å². The molecule has 0 aromatic heterocycles. The third-order valence-corrected chi connectivity index (χ3v) is 5.95. The van der Waals surface area contributed by atoms with Crippen LogP contribution in [0, 0.1) is 5.82 Å². The number of nitrogens with one attached hydrogen (secondary N) is 1. The van der Waals surface area contributed by atoms with Gasteiger partial charge in [-0.05, 0) is 54.3 Å². The van der Waals surface area contributed by atoms with Crippen LogP contribution in [-0.2, 0) is 11.0 Å². The molecule has 4 nitrogen and oxygen atoms in total. The minimum atomic E-state index is -4.80. The van der Waals surface area contributed by atoms with Gasteiger partial charge in [-0.2, -0.15) is 13.2 Å². The predicted molar refractivity (Wildman–Crippen MR) is 104 cm³/mol. The molecular formula is C20H18BrF4N3O. The maximum atomic E-state index is 14.4. The van der Waals surface area contributed by atoms with Gasteiger partial charge in [-0.15, -0.1) is 0 Å². The minimum Gasteiger partial charge on any atom is -0.345 e. The lowest BCUT2D eigenvalue weighted by Gasteiger charge is -2.28. The molecule has 1 N–H and O–H groups in total. The van der Waals surface area contributed by atoms with Gasteiger partial charge in [0.1, 0.15) is 11.7 Å². The molecule has 0 saturated heterocycles. The normalized spacial score (nSPS) is 24.3. The van der Waals surface area contributed by atoms with Gasteiger partial charge in [-0.3, -0.25) is 9.79 Å². The van der Waals surface area contributed by atoms with Gasteiger partial charge in [-0.1, -0.05) is 12.1 Å². The maximum absolute atomic E-state index is 14.4. The number of allylic oxidation sites excluding steroid dienone is 2. The number of amides is 1. The largest absolute Gasteiger partial charge is 0.419 e. The summed E-state index contributed by atoms with van der Waals surface area (Å²) in [6.45, 7) is 1.45. The van der Waals surface area contributed by atoms with Crippen molar-refractivity contribution in [3.8, 4) is 0 Å². The van der Waals surface area contributed by atoms with E-state index in [1.165, 1.54) is 13.0 Å². The Morgan fingerprint density at radius 1 is 1.34 bits per heavy atom. The van der Waals surface area contributed by atoms with Crippen LogP contribution in [0.2, 0.25) is 0 Å². The van der Waals surface area contributed by atoms with Crippen molar-refractivity contribution in [2.75, 3.05) is 0 Å². The molecule has 3 aliphatic rings. The van der Waals surface area contributed by atoms with Gasteiger partial charge >= 0.3 is 6.18 Å². The van der Waals surface area contributed by atoms with E-state index in [4.69, 9.17) is 0 Å². The molecule has 0 spiro atoms. The number of hydrogen-bond donors (Lipinski definition) is 1. The Morgan fingerprint density at radius 2 is 2.10 bits per heavy atom. The summed E-state index contributed by atoms with van der Waals surface area (Å²) in [7, 11) is 0. The monoisotopic (exact) mass is 471 g/mol. The van der Waals surface area contributed by atoms with Crippen LogP contribution in [0.25, 0.3) is 0 Å². The zero-order valence-electron chi connectivity index (χ0n) is 15.4. The molecule has 29 heavy (non-hydrogen) atoms. The van der Waals surface area contributed by atoms with Crippen molar-refractivity contribution in [2.45, 2.75) is 50.5 Å². The Labute approximate surface area is 173 Å². The summed E-state index contributed by atoms with van der Waals surface area (Å²) in [6.07, 6.45) is 1.72. The molecule has 154 valence electrons. The Kier molecular flexibility index (Phi) is 5.04. The average molecular weight is 472 g/mol. The van der Waals surface area contributed by atoms with Crippen molar-refractivity contribution < 1.29 is 22.4 Å². The number of alkyl halides is 3. The van der Waals surface area contributed by atoms with Crippen molar-refractivity contribution >= 4 is 27.7 Å². The third kappa shape index (κ3) is 3.60. The van der Waals surface area contributed by atoms with Gasteiger partial charge in [0.25, 0.3) is 5.91 Å². The molecular weight excluding hydrogens is 454 g/mol. The van der Waals surface area contributed by atoms with Crippen LogP contribution in [0.4, 0.5) is 17.6 Å². The number of carbonyl (C=O) groups excluding carboxylic acids is 1. The van der Waals surface area contributed by atoms with E-state index in [9.17, 15) is 22.4 Å². The molecule has 1 aromatic rings. The number of hydrogen-bond acceptors (Lipinski definition) is 3. The van der Waals surface area contributed by atoms with E-state index in [-0.39, 0.29) is 17.6 Å². The van der Waals surface area contributed by atoms with E-state index in [1.807, 2.05) is 11.1 Å². The smallest absolute Gasteiger partial charge is 0.345 e. The Balaban J connectivity index is 1.58. The molecule has 9 heteroatoms. The number of halogens is 5. The summed E-state index contributed by atoms with van der Waals surface area (Å²) >= 11 is 3.41. The zero-order chi connectivity index (χ0) is 20.9. The molecule has 1 aliphatic carbocycles. The van der Waals surface area contributed by atoms with Crippen molar-refractivity contribution in [3.05, 3.63) is 57.5 Å². The Hall–Kier alpha value is -2.16. The molecule has 1 saturated carbocycles. The van der Waals surface area contributed by atoms with E-state index in [0.29, 0.717) is 22.0 Å². The second-order valence-electron chi connectivity index (χ2n) is 7.40. The molecule has 2 heterocycles. The van der Waals surface area contributed by atoms with Crippen LogP contribution in [0.3, 0.4) is 0 Å². The van der Waals surface area contributed by atoms with Gasteiger partial charge in [-0.25, -0.2) is 4.39 Å². The summed E-state index contributed by atoms with van der Waals surface area (Å²) in [4.78, 5) is 19.6.